The van der Waals surface area contributed by atoms with Gasteiger partial charge in [0.15, 0.2) is 11.5 Å². The molecule has 42 heavy (non-hydrogen) atoms. The van der Waals surface area contributed by atoms with Gasteiger partial charge in [0, 0.05) is 25.6 Å². The Morgan fingerprint density at radius 1 is 0.952 bits per heavy atom. The predicted octanol–water partition coefficient (Wildman–Crippen LogP) is 3.53. The van der Waals surface area contributed by atoms with Crippen LogP contribution in [-0.2, 0) is 39.1 Å². The van der Waals surface area contributed by atoms with Gasteiger partial charge in [-0.1, -0.05) is 30.3 Å². The van der Waals surface area contributed by atoms with Gasteiger partial charge in [-0.3, -0.25) is 9.59 Å². The Labute approximate surface area is 246 Å². The molecule has 2 aliphatic rings. The molecule has 0 saturated heterocycles. The van der Waals surface area contributed by atoms with Crippen LogP contribution in [0, 0.1) is 0 Å². The Bertz CT molecular complexity index is 1520. The number of benzene rings is 3. The number of ether oxygens (including phenoxy) is 3. The van der Waals surface area contributed by atoms with Crippen molar-refractivity contribution < 1.29 is 32.2 Å². The van der Waals surface area contributed by atoms with Crippen molar-refractivity contribution in [2.75, 3.05) is 13.9 Å². The van der Waals surface area contributed by atoms with Gasteiger partial charge in [-0.25, -0.2) is 13.1 Å². The maximum absolute atomic E-state index is 13.5. The lowest BCUT2D eigenvalue weighted by atomic mass is 10.1. The maximum atomic E-state index is 13.5. The Balaban J connectivity index is 1.24. The number of methoxy groups -OCH3 is 1. The first kappa shape index (κ1) is 29.4. The molecule has 1 saturated carbocycles. The van der Waals surface area contributed by atoms with Gasteiger partial charge in [0.2, 0.25) is 28.6 Å². The summed E-state index contributed by atoms with van der Waals surface area (Å²) in [6.07, 6.45) is 2.28. The first-order valence-electron chi connectivity index (χ1n) is 13.9. The van der Waals surface area contributed by atoms with Gasteiger partial charge in [0.25, 0.3) is 0 Å². The number of carbonyl (C=O) groups excluding carboxylic acids is 2. The molecule has 2 amide bonds. The van der Waals surface area contributed by atoms with Crippen LogP contribution in [0.25, 0.3) is 0 Å². The van der Waals surface area contributed by atoms with Crippen molar-refractivity contribution in [1.82, 2.24) is 14.9 Å². The second-order valence-corrected chi connectivity index (χ2v) is 12.2. The van der Waals surface area contributed by atoms with Crippen molar-refractivity contribution in [2.24, 2.45) is 0 Å². The summed E-state index contributed by atoms with van der Waals surface area (Å²) >= 11 is 0. The van der Waals surface area contributed by atoms with E-state index in [1.54, 1.807) is 49.3 Å². The number of sulfonamides is 1. The van der Waals surface area contributed by atoms with Crippen LogP contribution in [0.5, 0.6) is 17.2 Å². The first-order chi connectivity index (χ1) is 20.2. The largest absolute Gasteiger partial charge is 0.497 e. The number of carbonyl (C=O) groups is 2. The summed E-state index contributed by atoms with van der Waals surface area (Å²) in [5.74, 6) is 1.52. The smallest absolute Gasteiger partial charge is 0.242 e. The molecule has 10 nitrogen and oxygen atoms in total. The number of nitrogens with one attached hydrogen (secondary N) is 2. The molecule has 1 heterocycles. The Morgan fingerprint density at radius 2 is 1.62 bits per heavy atom. The van der Waals surface area contributed by atoms with Gasteiger partial charge in [0.05, 0.1) is 12.0 Å². The van der Waals surface area contributed by atoms with E-state index in [-0.39, 0.29) is 49.1 Å². The lowest BCUT2D eigenvalue weighted by molar-refractivity contribution is -0.140. The summed E-state index contributed by atoms with van der Waals surface area (Å²) in [4.78, 5) is 28.5. The highest BCUT2D eigenvalue weighted by atomic mass is 32.2. The van der Waals surface area contributed by atoms with Gasteiger partial charge in [-0.2, -0.15) is 0 Å². The predicted molar refractivity (Wildman–Crippen MR) is 156 cm³/mol. The van der Waals surface area contributed by atoms with Crippen molar-refractivity contribution >= 4 is 21.8 Å². The van der Waals surface area contributed by atoms with Crippen LogP contribution in [0.15, 0.2) is 71.6 Å². The summed E-state index contributed by atoms with van der Waals surface area (Å²) in [6, 6.07) is 18.7. The SMILES string of the molecule is COc1ccc(CN(C(=O)CCc2ccc(S(=O)(=O)NC3CC3)cc2)[C@H](C)C(=O)NCc2ccc3c(c2)OCO3)cc1. The van der Waals surface area contributed by atoms with E-state index in [4.69, 9.17) is 14.2 Å². The summed E-state index contributed by atoms with van der Waals surface area (Å²) < 4.78 is 43.6. The Morgan fingerprint density at radius 3 is 2.31 bits per heavy atom. The van der Waals surface area contributed by atoms with Gasteiger partial charge in [-0.05, 0) is 79.3 Å². The van der Waals surface area contributed by atoms with Crippen LogP contribution in [0.2, 0.25) is 0 Å². The standard InChI is InChI=1S/C31H35N3O7S/c1-21(31(36)32-18-24-7-15-28-29(17-24)41-20-40-28)34(19-23-3-11-26(39-2)12-4-23)30(35)16-8-22-5-13-27(14-6-22)42(37,38)33-25-9-10-25/h3-7,11-15,17,21,25,33H,8-10,16,18-20H2,1-2H3,(H,32,36)/t21-/m1/s1. The quantitative estimate of drug-likeness (QED) is 0.311. The number of rotatable bonds is 13. The molecule has 3 aromatic carbocycles. The van der Waals surface area contributed by atoms with E-state index in [0.29, 0.717) is 23.7 Å². The third-order valence-electron chi connectivity index (χ3n) is 7.34. The van der Waals surface area contributed by atoms with Gasteiger partial charge >= 0.3 is 0 Å². The average Bonchev–Trinajstić information content (AvgIpc) is 3.68. The second kappa shape index (κ2) is 12.8. The van der Waals surface area contributed by atoms with E-state index in [2.05, 4.69) is 10.0 Å². The number of amides is 2. The normalized spacial score (nSPS) is 14.7. The van der Waals surface area contributed by atoms with E-state index in [9.17, 15) is 18.0 Å². The topological polar surface area (TPSA) is 123 Å². The second-order valence-electron chi connectivity index (χ2n) is 10.5. The molecule has 5 rings (SSSR count). The molecule has 0 spiro atoms. The van der Waals surface area contributed by atoms with Gasteiger partial charge in [0.1, 0.15) is 11.8 Å². The fourth-order valence-corrected chi connectivity index (χ4v) is 5.92. The van der Waals surface area contributed by atoms with Crippen molar-refractivity contribution in [3.8, 4) is 17.2 Å². The highest BCUT2D eigenvalue weighted by Crippen LogP contribution is 2.32. The molecule has 2 N–H and O–H groups in total. The van der Waals surface area contributed by atoms with Crippen molar-refractivity contribution in [3.05, 3.63) is 83.4 Å². The zero-order chi connectivity index (χ0) is 29.7. The lowest BCUT2D eigenvalue weighted by Crippen LogP contribution is -2.47. The first-order valence-corrected chi connectivity index (χ1v) is 15.4. The van der Waals surface area contributed by atoms with Gasteiger partial charge in [-0.15, -0.1) is 0 Å². The molecule has 1 atom stereocenters. The Kier molecular flexibility index (Phi) is 8.98. The molecule has 222 valence electrons. The van der Waals surface area contributed by atoms with E-state index < -0.39 is 16.1 Å². The molecular weight excluding hydrogens is 558 g/mol. The monoisotopic (exact) mass is 593 g/mol. The maximum Gasteiger partial charge on any atom is 0.242 e. The molecule has 0 unspecified atom stereocenters. The van der Waals surface area contributed by atoms with Crippen LogP contribution in [0.1, 0.15) is 42.9 Å². The van der Waals surface area contributed by atoms with E-state index >= 15 is 0 Å². The third kappa shape index (κ3) is 7.40. The highest BCUT2D eigenvalue weighted by Gasteiger charge is 2.28. The minimum atomic E-state index is -3.54. The summed E-state index contributed by atoms with van der Waals surface area (Å²) in [5.41, 5.74) is 2.54. The van der Waals surface area contributed by atoms with Crippen molar-refractivity contribution in [1.29, 1.82) is 0 Å². The number of nitrogens with zero attached hydrogens (tertiary/aromatic N) is 1. The molecule has 1 aliphatic heterocycles. The average molecular weight is 594 g/mol. The number of aryl methyl sites for hydroxylation is 1. The fourth-order valence-electron chi connectivity index (χ4n) is 4.62. The summed E-state index contributed by atoms with van der Waals surface area (Å²) in [6.45, 7) is 2.40. The molecule has 0 bridgehead atoms. The summed E-state index contributed by atoms with van der Waals surface area (Å²) in [7, 11) is -1.95. The molecular formula is C31H35N3O7S. The zero-order valence-electron chi connectivity index (χ0n) is 23.7. The lowest BCUT2D eigenvalue weighted by Gasteiger charge is -2.29. The molecule has 11 heteroatoms. The Hall–Kier alpha value is -4.09. The van der Waals surface area contributed by atoms with Crippen molar-refractivity contribution in [3.63, 3.8) is 0 Å². The third-order valence-corrected chi connectivity index (χ3v) is 8.88. The van der Waals surface area contributed by atoms with Crippen molar-refractivity contribution in [2.45, 2.75) is 62.7 Å². The van der Waals surface area contributed by atoms with Crippen LogP contribution in [0.3, 0.4) is 0 Å². The zero-order valence-corrected chi connectivity index (χ0v) is 24.5. The summed E-state index contributed by atoms with van der Waals surface area (Å²) in [5, 5.41) is 2.93. The minimum Gasteiger partial charge on any atom is -0.497 e. The highest BCUT2D eigenvalue weighted by molar-refractivity contribution is 7.89. The van der Waals surface area contributed by atoms with Crippen LogP contribution < -0.4 is 24.2 Å². The number of hydrogen-bond donors (Lipinski definition) is 2. The molecule has 1 aliphatic carbocycles. The van der Waals surface area contributed by atoms with Gasteiger partial charge < -0.3 is 24.4 Å². The van der Waals surface area contributed by atoms with E-state index in [1.165, 1.54) is 0 Å². The van der Waals surface area contributed by atoms with Crippen LogP contribution in [0.4, 0.5) is 0 Å². The number of hydrogen-bond acceptors (Lipinski definition) is 7. The molecule has 0 aromatic heterocycles. The number of fused-ring (bicyclic) bond motifs is 1. The minimum absolute atomic E-state index is 0.0280. The van der Waals surface area contributed by atoms with E-state index in [1.807, 2.05) is 36.4 Å². The van der Waals surface area contributed by atoms with E-state index in [0.717, 1.165) is 29.5 Å². The molecule has 1 fully saturated rings. The fraction of sp³-hybridized carbons (Fsp3) is 0.355. The van der Waals surface area contributed by atoms with Crippen LogP contribution in [-0.4, -0.2) is 51.1 Å². The molecule has 3 aromatic rings. The molecule has 0 radical (unpaired) electrons. The van der Waals surface area contributed by atoms with Crippen LogP contribution >= 0.6 is 0 Å².